The minimum absolute atomic E-state index is 0.0677. The van der Waals surface area contributed by atoms with E-state index in [0.717, 1.165) is 17.0 Å². The lowest BCUT2D eigenvalue weighted by Crippen LogP contribution is -2.38. The number of nitrogens with zero attached hydrogens (tertiary/aromatic N) is 1. The van der Waals surface area contributed by atoms with E-state index in [1.807, 2.05) is 0 Å². The second-order valence-electron chi connectivity index (χ2n) is 4.57. The van der Waals surface area contributed by atoms with Crippen LogP contribution in [-0.2, 0) is 15.7 Å². The molecule has 0 aliphatic carbocycles. The summed E-state index contributed by atoms with van der Waals surface area (Å²) in [6.45, 7) is 1.55. The summed E-state index contributed by atoms with van der Waals surface area (Å²) >= 11 is 2.95. The monoisotopic (exact) mass is 365 g/mol. The zero-order valence-corrected chi connectivity index (χ0v) is 12.4. The quantitative estimate of drug-likeness (QED) is 0.753. The van der Waals surface area contributed by atoms with E-state index >= 15 is 0 Å². The zero-order chi connectivity index (χ0) is 15.8. The van der Waals surface area contributed by atoms with Crippen molar-refractivity contribution in [2.24, 2.45) is 0 Å². The summed E-state index contributed by atoms with van der Waals surface area (Å²) in [7, 11) is 0. The molecule has 2 amide bonds. The smallest absolute Gasteiger partial charge is 0.417 e. The van der Waals surface area contributed by atoms with Crippen molar-refractivity contribution in [3.8, 4) is 0 Å². The van der Waals surface area contributed by atoms with Gasteiger partial charge in [0.1, 0.15) is 6.10 Å². The molecule has 0 radical (unpaired) electrons. The van der Waals surface area contributed by atoms with Gasteiger partial charge in [0.25, 0.3) is 0 Å². The van der Waals surface area contributed by atoms with Gasteiger partial charge in [0.05, 0.1) is 16.9 Å². The number of benzene rings is 1. The van der Waals surface area contributed by atoms with Crippen LogP contribution in [0.15, 0.2) is 24.3 Å². The molecule has 8 heteroatoms. The molecule has 0 aromatic heterocycles. The van der Waals surface area contributed by atoms with Crippen LogP contribution in [0, 0.1) is 0 Å². The van der Waals surface area contributed by atoms with Crippen LogP contribution in [0.1, 0.15) is 24.2 Å². The highest BCUT2D eigenvalue weighted by Crippen LogP contribution is 2.36. The Morgan fingerprint density at radius 3 is 2.67 bits per heavy atom. The number of carbonyl (C=O) groups is 2. The molecule has 1 aliphatic heterocycles. The molecule has 21 heavy (non-hydrogen) atoms. The van der Waals surface area contributed by atoms with Crippen LogP contribution in [0.25, 0.3) is 0 Å². The highest BCUT2D eigenvalue weighted by atomic mass is 79.9. The fourth-order valence-corrected chi connectivity index (χ4v) is 2.47. The third kappa shape index (κ3) is 3.04. The number of cyclic esters (lactones) is 1. The fraction of sp³-hybridized carbons (Fsp3) is 0.385. The average Bonchev–Trinajstić information content (AvgIpc) is 2.72. The summed E-state index contributed by atoms with van der Waals surface area (Å²) in [4.78, 5) is 24.2. The van der Waals surface area contributed by atoms with Crippen molar-refractivity contribution >= 4 is 27.9 Å². The van der Waals surface area contributed by atoms with E-state index in [1.54, 1.807) is 6.92 Å². The Morgan fingerprint density at radius 2 is 2.10 bits per heavy atom. The normalized spacial score (nSPS) is 22.3. The van der Waals surface area contributed by atoms with Gasteiger partial charge in [-0.1, -0.05) is 28.1 Å². The van der Waals surface area contributed by atoms with Crippen molar-refractivity contribution in [2.45, 2.75) is 25.2 Å². The largest absolute Gasteiger partial charge is 0.439 e. The van der Waals surface area contributed by atoms with Gasteiger partial charge in [-0.05, 0) is 24.6 Å². The van der Waals surface area contributed by atoms with Gasteiger partial charge in [0.15, 0.2) is 0 Å². The second-order valence-corrected chi connectivity index (χ2v) is 5.13. The number of hydrogen-bond donors (Lipinski definition) is 0. The van der Waals surface area contributed by atoms with Gasteiger partial charge in [0, 0.05) is 0 Å². The number of alkyl halides is 4. The van der Waals surface area contributed by atoms with Crippen LogP contribution in [0.5, 0.6) is 0 Å². The Bertz CT molecular complexity index is 576. The number of halogens is 4. The molecule has 0 bridgehead atoms. The summed E-state index contributed by atoms with van der Waals surface area (Å²) < 4.78 is 43.2. The molecule has 0 spiro atoms. The molecular weight excluding hydrogens is 355 g/mol. The predicted octanol–water partition coefficient (Wildman–Crippen LogP) is 3.51. The van der Waals surface area contributed by atoms with Gasteiger partial charge in [-0.3, -0.25) is 4.79 Å². The lowest BCUT2D eigenvalue weighted by Gasteiger charge is -2.19. The van der Waals surface area contributed by atoms with E-state index in [-0.39, 0.29) is 10.9 Å². The first-order chi connectivity index (χ1) is 9.75. The van der Waals surface area contributed by atoms with Crippen LogP contribution < -0.4 is 0 Å². The molecule has 1 aromatic carbocycles. The molecule has 1 heterocycles. The summed E-state index contributed by atoms with van der Waals surface area (Å²) in [6.07, 6.45) is -6.25. The zero-order valence-electron chi connectivity index (χ0n) is 10.9. The fourth-order valence-electron chi connectivity index (χ4n) is 2.20. The van der Waals surface area contributed by atoms with E-state index in [2.05, 4.69) is 15.9 Å². The van der Waals surface area contributed by atoms with Crippen LogP contribution in [0.2, 0.25) is 0 Å². The maximum Gasteiger partial charge on any atom is 0.417 e. The summed E-state index contributed by atoms with van der Waals surface area (Å²) in [5, 5.41) is -0.0677. The van der Waals surface area contributed by atoms with Gasteiger partial charge in [-0.15, -0.1) is 0 Å². The number of imide groups is 1. The minimum atomic E-state index is -4.48. The first kappa shape index (κ1) is 15.8. The first-order valence-electron chi connectivity index (χ1n) is 6.01. The van der Waals surface area contributed by atoms with Crippen molar-refractivity contribution in [3.05, 3.63) is 35.4 Å². The van der Waals surface area contributed by atoms with Gasteiger partial charge in [-0.25, -0.2) is 9.69 Å². The van der Waals surface area contributed by atoms with Crippen molar-refractivity contribution in [1.82, 2.24) is 4.90 Å². The first-order valence-corrected chi connectivity index (χ1v) is 7.13. The Balaban J connectivity index is 2.32. The number of rotatable bonds is 2. The minimum Gasteiger partial charge on any atom is -0.439 e. The number of carbonyl (C=O) groups excluding carboxylic acids is 2. The molecule has 1 aliphatic rings. The maximum absolute atomic E-state index is 12.7. The molecular formula is C13H11BrF3NO3. The third-order valence-electron chi connectivity index (χ3n) is 3.20. The van der Waals surface area contributed by atoms with Gasteiger partial charge >= 0.3 is 12.3 Å². The molecule has 0 N–H and O–H groups in total. The Morgan fingerprint density at radius 1 is 1.43 bits per heavy atom. The second kappa shape index (κ2) is 5.67. The Kier molecular flexibility index (Phi) is 4.27. The molecule has 1 fully saturated rings. The molecule has 0 saturated carbocycles. The predicted molar refractivity (Wildman–Crippen MR) is 70.8 cm³/mol. The van der Waals surface area contributed by atoms with E-state index in [1.165, 1.54) is 12.1 Å². The summed E-state index contributed by atoms with van der Waals surface area (Å²) in [5.74, 6) is -0.498. The van der Waals surface area contributed by atoms with Crippen LogP contribution in [0.4, 0.5) is 18.0 Å². The number of hydrogen-bond acceptors (Lipinski definition) is 3. The molecule has 1 saturated heterocycles. The lowest BCUT2D eigenvalue weighted by atomic mass is 10.0. The van der Waals surface area contributed by atoms with E-state index in [9.17, 15) is 22.8 Å². The maximum atomic E-state index is 12.7. The van der Waals surface area contributed by atoms with Crippen molar-refractivity contribution in [2.75, 3.05) is 5.33 Å². The topological polar surface area (TPSA) is 46.6 Å². The molecule has 114 valence electrons. The van der Waals surface area contributed by atoms with E-state index < -0.39 is 35.9 Å². The SMILES string of the molecule is C[C@H]1[C@H](c2cccc(C(F)(F)F)c2)OC(=O)N1C(=O)CBr. The third-order valence-corrected chi connectivity index (χ3v) is 3.68. The average molecular weight is 366 g/mol. The molecule has 1 aromatic rings. The van der Waals surface area contributed by atoms with Gasteiger partial charge in [-0.2, -0.15) is 13.2 Å². The van der Waals surface area contributed by atoms with Crippen LogP contribution >= 0.6 is 15.9 Å². The standard InChI is InChI=1S/C13H11BrF3NO3/c1-7-11(21-12(20)18(7)10(19)6-14)8-3-2-4-9(5-8)13(15,16)17/h2-5,7,11H,6H2,1H3/t7-,11+/m0/s1. The van der Waals surface area contributed by atoms with Crippen LogP contribution in [-0.4, -0.2) is 28.3 Å². The molecule has 2 atom stereocenters. The van der Waals surface area contributed by atoms with Crippen molar-refractivity contribution in [1.29, 1.82) is 0 Å². The summed E-state index contributed by atoms with van der Waals surface area (Å²) in [5.41, 5.74) is -0.621. The molecule has 2 rings (SSSR count). The number of ether oxygens (including phenoxy) is 1. The van der Waals surface area contributed by atoms with Crippen molar-refractivity contribution in [3.63, 3.8) is 0 Å². The highest BCUT2D eigenvalue weighted by Gasteiger charge is 2.43. The highest BCUT2D eigenvalue weighted by molar-refractivity contribution is 9.09. The summed E-state index contributed by atoms with van der Waals surface area (Å²) in [6, 6.07) is 3.87. The lowest BCUT2D eigenvalue weighted by molar-refractivity contribution is -0.137. The van der Waals surface area contributed by atoms with Crippen molar-refractivity contribution < 1.29 is 27.5 Å². The van der Waals surface area contributed by atoms with E-state index in [0.29, 0.717) is 0 Å². The van der Waals surface area contributed by atoms with Crippen LogP contribution in [0.3, 0.4) is 0 Å². The van der Waals surface area contributed by atoms with Gasteiger partial charge < -0.3 is 4.74 Å². The van der Waals surface area contributed by atoms with E-state index in [4.69, 9.17) is 4.74 Å². The number of amides is 2. The molecule has 0 unspecified atom stereocenters. The Labute approximate surface area is 127 Å². The Hall–Kier alpha value is -1.57. The van der Waals surface area contributed by atoms with Gasteiger partial charge in [0.2, 0.25) is 5.91 Å². The molecule has 4 nitrogen and oxygen atoms in total.